The van der Waals surface area contributed by atoms with Crippen LogP contribution in [0.4, 0.5) is 0 Å². The molecule has 0 bridgehead atoms. The average molecular weight is 301 g/mol. The van der Waals surface area contributed by atoms with E-state index in [2.05, 4.69) is 46.1 Å². The molecule has 1 fully saturated rings. The Morgan fingerprint density at radius 1 is 1.38 bits per heavy atom. The molecule has 0 spiro atoms. The monoisotopic (exact) mass is 301 g/mol. The highest BCUT2D eigenvalue weighted by molar-refractivity contribution is 7.98. The van der Waals surface area contributed by atoms with Gasteiger partial charge in [-0.2, -0.15) is 0 Å². The third-order valence-electron chi connectivity index (χ3n) is 3.72. The van der Waals surface area contributed by atoms with Crippen LogP contribution >= 0.6 is 11.8 Å². The normalized spacial score (nSPS) is 14.5. The third kappa shape index (κ3) is 4.35. The Balaban J connectivity index is 1.56. The number of nitrogens with zero attached hydrogens (tertiary/aromatic N) is 2. The van der Waals surface area contributed by atoms with Gasteiger partial charge in [-0.1, -0.05) is 19.1 Å². The molecular weight excluding hydrogens is 278 g/mol. The van der Waals surface area contributed by atoms with Gasteiger partial charge in [0.25, 0.3) is 0 Å². The summed E-state index contributed by atoms with van der Waals surface area (Å²) in [6.07, 6.45) is 7.76. The van der Waals surface area contributed by atoms with Crippen LogP contribution in [0.2, 0.25) is 0 Å². The lowest BCUT2D eigenvalue weighted by molar-refractivity contribution is 0.659. The van der Waals surface area contributed by atoms with Crippen LogP contribution in [0.5, 0.6) is 0 Å². The van der Waals surface area contributed by atoms with Crippen LogP contribution in [0.1, 0.15) is 37.4 Å². The van der Waals surface area contributed by atoms with E-state index in [9.17, 15) is 0 Å². The Morgan fingerprint density at radius 3 is 3.10 bits per heavy atom. The van der Waals surface area contributed by atoms with Crippen molar-refractivity contribution in [2.45, 2.75) is 56.0 Å². The molecule has 1 heterocycles. The van der Waals surface area contributed by atoms with Gasteiger partial charge < -0.3 is 9.88 Å². The molecule has 1 N–H and O–H groups in total. The molecular formula is C17H23N3S. The van der Waals surface area contributed by atoms with Crippen molar-refractivity contribution >= 4 is 11.8 Å². The minimum absolute atomic E-state index is 0.768. The standard InChI is InChI=1S/C17H23N3S/c1-2-8-20-13-18-11-16(20)12-21-17-5-3-4-14(9-17)10-19-15-6-7-15/h3-5,9,11,13,15,19H,2,6-8,10,12H2,1H3. The highest BCUT2D eigenvalue weighted by Crippen LogP contribution is 2.24. The van der Waals surface area contributed by atoms with E-state index in [1.54, 1.807) is 0 Å². The predicted molar refractivity (Wildman–Crippen MR) is 88.4 cm³/mol. The fourth-order valence-electron chi connectivity index (χ4n) is 2.36. The zero-order valence-corrected chi connectivity index (χ0v) is 13.4. The predicted octanol–water partition coefficient (Wildman–Crippen LogP) is 3.84. The summed E-state index contributed by atoms with van der Waals surface area (Å²) in [6, 6.07) is 9.65. The van der Waals surface area contributed by atoms with Crippen molar-refractivity contribution in [2.24, 2.45) is 0 Å². The minimum Gasteiger partial charge on any atom is -0.334 e. The summed E-state index contributed by atoms with van der Waals surface area (Å²) in [6.45, 7) is 4.25. The Bertz CT molecular complexity index is 575. The zero-order chi connectivity index (χ0) is 14.5. The summed E-state index contributed by atoms with van der Waals surface area (Å²) in [5, 5.41) is 3.57. The van der Waals surface area contributed by atoms with E-state index >= 15 is 0 Å². The van der Waals surface area contributed by atoms with Gasteiger partial charge in [0.2, 0.25) is 0 Å². The second-order valence-electron chi connectivity index (χ2n) is 5.67. The van der Waals surface area contributed by atoms with Gasteiger partial charge in [0.05, 0.1) is 6.33 Å². The lowest BCUT2D eigenvalue weighted by Crippen LogP contribution is -2.15. The highest BCUT2D eigenvalue weighted by Gasteiger charge is 2.19. The van der Waals surface area contributed by atoms with Crippen molar-refractivity contribution in [3.8, 4) is 0 Å². The lowest BCUT2D eigenvalue weighted by atomic mass is 10.2. The van der Waals surface area contributed by atoms with Gasteiger partial charge in [-0.15, -0.1) is 11.8 Å². The molecule has 4 heteroatoms. The molecule has 1 aromatic heterocycles. The minimum atomic E-state index is 0.768. The van der Waals surface area contributed by atoms with Crippen molar-refractivity contribution in [1.29, 1.82) is 0 Å². The first-order chi connectivity index (χ1) is 10.3. The van der Waals surface area contributed by atoms with Gasteiger partial charge in [-0.05, 0) is 37.0 Å². The van der Waals surface area contributed by atoms with Gasteiger partial charge in [0.1, 0.15) is 0 Å². The number of thioether (sulfide) groups is 1. The Labute approximate surface area is 131 Å². The molecule has 1 aliphatic rings. The molecule has 3 nitrogen and oxygen atoms in total. The molecule has 0 atom stereocenters. The van der Waals surface area contributed by atoms with Crippen molar-refractivity contribution in [2.75, 3.05) is 0 Å². The van der Waals surface area contributed by atoms with Crippen LogP contribution in [0.3, 0.4) is 0 Å². The van der Waals surface area contributed by atoms with Crippen LogP contribution in [0.25, 0.3) is 0 Å². The summed E-state index contributed by atoms with van der Waals surface area (Å²) in [5.74, 6) is 0.986. The smallest absolute Gasteiger partial charge is 0.0948 e. The van der Waals surface area contributed by atoms with Gasteiger partial charge in [-0.3, -0.25) is 0 Å². The molecule has 0 aliphatic heterocycles. The van der Waals surface area contributed by atoms with Crippen molar-refractivity contribution in [3.05, 3.63) is 48.0 Å². The van der Waals surface area contributed by atoms with E-state index in [1.165, 1.54) is 29.0 Å². The summed E-state index contributed by atoms with van der Waals surface area (Å²) >= 11 is 1.89. The number of hydrogen-bond donors (Lipinski definition) is 1. The highest BCUT2D eigenvalue weighted by atomic mass is 32.2. The molecule has 2 aromatic rings. The van der Waals surface area contributed by atoms with Gasteiger partial charge >= 0.3 is 0 Å². The molecule has 0 unspecified atom stereocenters. The quantitative estimate of drug-likeness (QED) is 0.751. The van der Waals surface area contributed by atoms with E-state index < -0.39 is 0 Å². The number of nitrogens with one attached hydrogen (secondary N) is 1. The SMILES string of the molecule is CCCn1cncc1CSc1cccc(CNC2CC2)c1. The summed E-state index contributed by atoms with van der Waals surface area (Å²) in [4.78, 5) is 5.61. The van der Waals surface area contributed by atoms with E-state index in [0.717, 1.165) is 31.3 Å². The van der Waals surface area contributed by atoms with E-state index in [-0.39, 0.29) is 0 Å². The molecule has 21 heavy (non-hydrogen) atoms. The molecule has 112 valence electrons. The first kappa shape index (κ1) is 14.7. The number of aromatic nitrogens is 2. The molecule has 1 aliphatic carbocycles. The van der Waals surface area contributed by atoms with Crippen molar-refractivity contribution < 1.29 is 0 Å². The molecule has 3 rings (SSSR count). The van der Waals surface area contributed by atoms with Crippen LogP contribution in [0.15, 0.2) is 41.7 Å². The van der Waals surface area contributed by atoms with Crippen LogP contribution in [0, 0.1) is 0 Å². The molecule has 0 radical (unpaired) electrons. The Morgan fingerprint density at radius 2 is 2.29 bits per heavy atom. The van der Waals surface area contributed by atoms with E-state index in [4.69, 9.17) is 0 Å². The molecule has 0 amide bonds. The summed E-state index contributed by atoms with van der Waals surface area (Å²) in [5.41, 5.74) is 2.69. The Hall–Kier alpha value is -1.26. The second kappa shape index (κ2) is 7.14. The molecule has 1 saturated carbocycles. The van der Waals surface area contributed by atoms with Crippen LogP contribution in [-0.2, 0) is 18.8 Å². The number of benzene rings is 1. The summed E-state index contributed by atoms with van der Waals surface area (Å²) in [7, 11) is 0. The van der Waals surface area contributed by atoms with Crippen molar-refractivity contribution in [3.63, 3.8) is 0 Å². The maximum Gasteiger partial charge on any atom is 0.0948 e. The number of aryl methyl sites for hydroxylation is 1. The van der Waals surface area contributed by atoms with Crippen molar-refractivity contribution in [1.82, 2.24) is 14.9 Å². The molecule has 1 aromatic carbocycles. The van der Waals surface area contributed by atoms with E-state index in [1.807, 2.05) is 24.3 Å². The van der Waals surface area contributed by atoms with Crippen LogP contribution < -0.4 is 5.32 Å². The largest absolute Gasteiger partial charge is 0.334 e. The van der Waals surface area contributed by atoms with Gasteiger partial charge in [-0.25, -0.2) is 4.98 Å². The van der Waals surface area contributed by atoms with E-state index in [0.29, 0.717) is 0 Å². The lowest BCUT2D eigenvalue weighted by Gasteiger charge is -2.08. The number of hydrogen-bond acceptors (Lipinski definition) is 3. The average Bonchev–Trinajstić information content (AvgIpc) is 3.24. The fraction of sp³-hybridized carbons (Fsp3) is 0.471. The fourth-order valence-corrected chi connectivity index (χ4v) is 3.33. The second-order valence-corrected chi connectivity index (χ2v) is 6.72. The Kier molecular flexibility index (Phi) is 4.99. The van der Waals surface area contributed by atoms with Crippen LogP contribution in [-0.4, -0.2) is 15.6 Å². The summed E-state index contributed by atoms with van der Waals surface area (Å²) < 4.78 is 2.26. The zero-order valence-electron chi connectivity index (χ0n) is 12.6. The first-order valence-corrected chi connectivity index (χ1v) is 8.78. The van der Waals surface area contributed by atoms with Gasteiger partial charge in [0, 0.05) is 41.7 Å². The first-order valence-electron chi connectivity index (χ1n) is 7.79. The molecule has 0 saturated heterocycles. The number of imidazole rings is 1. The topological polar surface area (TPSA) is 29.9 Å². The number of rotatable bonds is 8. The third-order valence-corrected chi connectivity index (χ3v) is 4.75. The van der Waals surface area contributed by atoms with Gasteiger partial charge in [0.15, 0.2) is 0 Å². The maximum absolute atomic E-state index is 4.27. The maximum atomic E-state index is 4.27.